The molecule has 0 amide bonds. The van der Waals surface area contributed by atoms with E-state index in [0.717, 1.165) is 5.82 Å². The monoisotopic (exact) mass is 283 g/mol. The molecule has 0 N–H and O–H groups in total. The van der Waals surface area contributed by atoms with Crippen LogP contribution in [-0.4, -0.2) is 14.8 Å². The summed E-state index contributed by atoms with van der Waals surface area (Å²) in [6, 6.07) is 0.463. The van der Waals surface area contributed by atoms with Crippen LogP contribution in [0, 0.1) is 11.8 Å². The molecule has 2 unspecified atom stereocenters. The summed E-state index contributed by atoms with van der Waals surface area (Å²) in [5, 5.41) is 9.03. The summed E-state index contributed by atoms with van der Waals surface area (Å²) in [6.07, 6.45) is 5.11. The summed E-state index contributed by atoms with van der Waals surface area (Å²) >= 11 is 6.34. The van der Waals surface area contributed by atoms with Gasteiger partial charge in [0.15, 0.2) is 0 Å². The zero-order valence-electron chi connectivity index (χ0n) is 12.8. The van der Waals surface area contributed by atoms with E-state index in [9.17, 15) is 0 Å². The van der Waals surface area contributed by atoms with Gasteiger partial charge in [-0.1, -0.05) is 47.5 Å². The van der Waals surface area contributed by atoms with Crippen LogP contribution in [0.1, 0.15) is 72.2 Å². The fourth-order valence-corrected chi connectivity index (χ4v) is 3.56. The van der Waals surface area contributed by atoms with E-state index in [1.165, 1.54) is 25.7 Å². The quantitative estimate of drug-likeness (QED) is 0.793. The largest absolute Gasteiger partial charge is 0.298 e. The van der Waals surface area contributed by atoms with Crippen LogP contribution in [0.15, 0.2) is 0 Å². The van der Waals surface area contributed by atoms with Crippen molar-refractivity contribution in [2.75, 3.05) is 0 Å². The Hall–Kier alpha value is -0.570. The van der Waals surface area contributed by atoms with Crippen LogP contribution in [0.2, 0.25) is 5.28 Å². The smallest absolute Gasteiger partial charge is 0.225 e. The molecular weight excluding hydrogens is 258 g/mol. The Morgan fingerprint density at radius 3 is 2.37 bits per heavy atom. The number of nitrogens with zero attached hydrogens (tertiary/aromatic N) is 3. The first-order valence-electron chi connectivity index (χ1n) is 7.43. The Morgan fingerprint density at radius 2 is 1.79 bits per heavy atom. The molecule has 1 aromatic rings. The zero-order valence-corrected chi connectivity index (χ0v) is 13.5. The van der Waals surface area contributed by atoms with Crippen LogP contribution >= 0.6 is 11.6 Å². The molecule has 1 aliphatic carbocycles. The first-order valence-corrected chi connectivity index (χ1v) is 7.81. The molecular formula is C15H26ClN3. The maximum Gasteiger partial charge on any atom is 0.225 e. The van der Waals surface area contributed by atoms with Gasteiger partial charge in [0.1, 0.15) is 5.82 Å². The van der Waals surface area contributed by atoms with Crippen LogP contribution in [-0.2, 0) is 5.41 Å². The van der Waals surface area contributed by atoms with Crippen molar-refractivity contribution in [1.29, 1.82) is 0 Å². The van der Waals surface area contributed by atoms with E-state index in [4.69, 9.17) is 11.6 Å². The molecule has 1 fully saturated rings. The number of rotatable bonds is 2. The van der Waals surface area contributed by atoms with E-state index in [0.29, 0.717) is 23.2 Å². The molecule has 0 spiro atoms. The average Bonchev–Trinajstić information content (AvgIpc) is 2.70. The van der Waals surface area contributed by atoms with Crippen LogP contribution in [0.3, 0.4) is 0 Å². The van der Waals surface area contributed by atoms with Crippen LogP contribution in [0.5, 0.6) is 0 Å². The van der Waals surface area contributed by atoms with E-state index in [2.05, 4.69) is 49.4 Å². The van der Waals surface area contributed by atoms with Crippen molar-refractivity contribution in [2.45, 2.75) is 71.8 Å². The topological polar surface area (TPSA) is 30.7 Å². The molecule has 1 saturated carbocycles. The minimum absolute atomic E-state index is 0.0148. The number of hydrogen-bond acceptors (Lipinski definition) is 2. The standard InChI is InChI=1S/C15H26ClN3/c1-10(2)11-8-6-7-9-12(11)19-13(15(3,4)5)17-18-14(19)16/h10-12H,6-9H2,1-5H3. The Balaban J connectivity index is 2.42. The third-order valence-electron chi connectivity index (χ3n) is 4.29. The molecule has 2 atom stereocenters. The average molecular weight is 284 g/mol. The van der Waals surface area contributed by atoms with E-state index >= 15 is 0 Å². The van der Waals surface area contributed by atoms with Crippen molar-refractivity contribution in [3.05, 3.63) is 11.1 Å². The predicted molar refractivity (Wildman–Crippen MR) is 79.6 cm³/mol. The lowest BCUT2D eigenvalue weighted by molar-refractivity contribution is 0.177. The minimum atomic E-state index is -0.0148. The molecule has 0 aromatic carbocycles. The SMILES string of the molecule is CC(C)C1CCCCC1n1c(Cl)nnc1C(C)(C)C. The van der Waals surface area contributed by atoms with Crippen LogP contribution < -0.4 is 0 Å². The van der Waals surface area contributed by atoms with Crippen LogP contribution in [0.25, 0.3) is 0 Å². The summed E-state index contributed by atoms with van der Waals surface area (Å²) in [6.45, 7) is 11.2. The van der Waals surface area contributed by atoms with Gasteiger partial charge in [0.2, 0.25) is 5.28 Å². The molecule has 0 radical (unpaired) electrons. The second-order valence-corrected chi connectivity index (χ2v) is 7.51. The highest BCUT2D eigenvalue weighted by Crippen LogP contribution is 2.41. The predicted octanol–water partition coefficient (Wildman–Crippen LogP) is 4.62. The molecule has 0 bridgehead atoms. The van der Waals surface area contributed by atoms with Gasteiger partial charge < -0.3 is 0 Å². The molecule has 0 aliphatic heterocycles. The highest BCUT2D eigenvalue weighted by Gasteiger charge is 2.34. The summed E-state index contributed by atoms with van der Waals surface area (Å²) in [7, 11) is 0. The first kappa shape index (κ1) is 14.8. The fourth-order valence-electron chi connectivity index (χ4n) is 3.32. The third kappa shape index (κ3) is 2.96. The van der Waals surface area contributed by atoms with Crippen molar-refractivity contribution in [2.24, 2.45) is 11.8 Å². The van der Waals surface area contributed by atoms with E-state index in [1.807, 2.05) is 0 Å². The lowest BCUT2D eigenvalue weighted by atomic mass is 9.77. The van der Waals surface area contributed by atoms with E-state index < -0.39 is 0 Å². The minimum Gasteiger partial charge on any atom is -0.298 e. The van der Waals surface area contributed by atoms with Gasteiger partial charge in [-0.3, -0.25) is 4.57 Å². The second kappa shape index (κ2) is 5.43. The lowest BCUT2D eigenvalue weighted by Gasteiger charge is -2.37. The van der Waals surface area contributed by atoms with Crippen molar-refractivity contribution in [3.63, 3.8) is 0 Å². The first-order chi connectivity index (χ1) is 8.82. The molecule has 1 aliphatic rings. The highest BCUT2D eigenvalue weighted by atomic mass is 35.5. The van der Waals surface area contributed by atoms with Gasteiger partial charge in [0.25, 0.3) is 0 Å². The zero-order chi connectivity index (χ0) is 14.2. The van der Waals surface area contributed by atoms with Crippen LogP contribution in [0.4, 0.5) is 0 Å². The van der Waals surface area contributed by atoms with Crippen molar-refractivity contribution < 1.29 is 0 Å². The van der Waals surface area contributed by atoms with Crippen molar-refractivity contribution in [1.82, 2.24) is 14.8 Å². The molecule has 0 saturated heterocycles. The van der Waals surface area contributed by atoms with Gasteiger partial charge in [-0.25, -0.2) is 0 Å². The normalized spacial score (nSPS) is 25.0. The Morgan fingerprint density at radius 1 is 1.16 bits per heavy atom. The van der Waals surface area contributed by atoms with Gasteiger partial charge in [0.05, 0.1) is 0 Å². The maximum absolute atomic E-state index is 6.34. The number of halogens is 1. The Labute approximate surface area is 121 Å². The van der Waals surface area contributed by atoms with E-state index in [-0.39, 0.29) is 5.41 Å². The summed E-state index contributed by atoms with van der Waals surface area (Å²) in [5.41, 5.74) is -0.0148. The van der Waals surface area contributed by atoms with Gasteiger partial charge >= 0.3 is 0 Å². The van der Waals surface area contributed by atoms with Gasteiger partial charge in [-0.05, 0) is 36.3 Å². The molecule has 3 nitrogen and oxygen atoms in total. The van der Waals surface area contributed by atoms with Crippen molar-refractivity contribution >= 4 is 11.6 Å². The summed E-state index contributed by atoms with van der Waals surface area (Å²) in [5.74, 6) is 2.38. The molecule has 19 heavy (non-hydrogen) atoms. The Bertz CT molecular complexity index is 431. The van der Waals surface area contributed by atoms with Gasteiger partial charge in [-0.15, -0.1) is 10.2 Å². The van der Waals surface area contributed by atoms with E-state index in [1.54, 1.807) is 0 Å². The van der Waals surface area contributed by atoms with Gasteiger partial charge in [0, 0.05) is 11.5 Å². The number of aromatic nitrogens is 3. The number of hydrogen-bond donors (Lipinski definition) is 0. The highest BCUT2D eigenvalue weighted by molar-refractivity contribution is 6.28. The van der Waals surface area contributed by atoms with Gasteiger partial charge in [-0.2, -0.15) is 0 Å². The summed E-state index contributed by atoms with van der Waals surface area (Å²) < 4.78 is 2.21. The maximum atomic E-state index is 6.34. The molecule has 4 heteroatoms. The Kier molecular flexibility index (Phi) is 4.24. The molecule has 2 rings (SSSR count). The van der Waals surface area contributed by atoms with Crippen molar-refractivity contribution in [3.8, 4) is 0 Å². The molecule has 108 valence electrons. The third-order valence-corrected chi connectivity index (χ3v) is 4.55. The second-order valence-electron chi connectivity index (χ2n) is 7.17. The lowest BCUT2D eigenvalue weighted by Crippen LogP contribution is -2.31. The molecule has 1 aromatic heterocycles. The molecule has 1 heterocycles. The summed E-state index contributed by atoms with van der Waals surface area (Å²) in [4.78, 5) is 0. The fraction of sp³-hybridized carbons (Fsp3) is 0.867.